The van der Waals surface area contributed by atoms with Gasteiger partial charge in [-0.25, -0.2) is 19.2 Å². The van der Waals surface area contributed by atoms with Gasteiger partial charge in [0.05, 0.1) is 38.2 Å². The maximum absolute atomic E-state index is 16.3. The summed E-state index contributed by atoms with van der Waals surface area (Å²) in [6.45, 7) is 2.35. The van der Waals surface area contributed by atoms with Crippen molar-refractivity contribution in [2.24, 2.45) is 28.2 Å². The number of hydrogen-bond donors (Lipinski definition) is 2. The molecule has 6 aromatic carbocycles. The lowest BCUT2D eigenvalue weighted by molar-refractivity contribution is -0.274. The number of aromatic nitrogens is 4. The SMILES string of the molecule is CC(c1ccc(-c2ccc(C(=O)OC(c3ccc4c(c3)n(C)c(=O)n4C)(C(C)c3ccc(-c4ccc(C(=O)O)c(Cl)c4)cc3Cl)C(F)(F)F)cc2)cc1Cl)C(O)(c1ccc2c(c1)n(C)c(=O)n2C)C(F)(F)F. The summed E-state index contributed by atoms with van der Waals surface area (Å²) in [5, 5.41) is 20.6. The highest BCUT2D eigenvalue weighted by atomic mass is 35.5. The topological polar surface area (TPSA) is 138 Å². The number of nitrogens with zero attached hydrogens (tertiary/aromatic N) is 4. The predicted molar refractivity (Wildman–Crippen MR) is 262 cm³/mol. The molecule has 72 heavy (non-hydrogen) atoms. The first kappa shape index (κ1) is 51.6. The number of hydrogen-bond acceptors (Lipinski definition) is 6. The molecule has 0 spiro atoms. The molecular weight excluding hydrogens is 1010 g/mol. The first-order valence-electron chi connectivity index (χ1n) is 21.8. The van der Waals surface area contributed by atoms with Gasteiger partial charge in [0, 0.05) is 55.6 Å². The third-order valence-corrected chi connectivity index (χ3v) is 14.6. The second kappa shape index (κ2) is 18.4. The van der Waals surface area contributed by atoms with Gasteiger partial charge in [-0.1, -0.05) is 103 Å². The molecule has 0 saturated carbocycles. The van der Waals surface area contributed by atoms with Gasteiger partial charge < -0.3 is 14.9 Å². The molecule has 0 radical (unpaired) electrons. The van der Waals surface area contributed by atoms with Gasteiger partial charge >= 0.3 is 35.7 Å². The van der Waals surface area contributed by atoms with Crippen molar-refractivity contribution >= 4 is 68.8 Å². The predicted octanol–water partition coefficient (Wildman–Crippen LogP) is 12.0. The van der Waals surface area contributed by atoms with Crippen molar-refractivity contribution < 1.29 is 50.9 Å². The molecule has 0 fully saturated rings. The fraction of sp³-hybridized carbons (Fsp3) is 0.231. The average molecular weight is 1050 g/mol. The lowest BCUT2D eigenvalue weighted by atomic mass is 9.76. The minimum absolute atomic E-state index is 0.0811. The number of carboxylic acids is 1. The Kier molecular flexibility index (Phi) is 13.1. The van der Waals surface area contributed by atoms with Crippen LogP contribution in [-0.4, -0.2) is 52.8 Å². The lowest BCUT2D eigenvalue weighted by Gasteiger charge is -2.41. The quantitative estimate of drug-likeness (QED) is 0.0972. The van der Waals surface area contributed by atoms with Crippen molar-refractivity contribution in [1.82, 2.24) is 18.3 Å². The zero-order chi connectivity index (χ0) is 52.7. The number of carboxylic acid groups (broad SMARTS) is 1. The third kappa shape index (κ3) is 8.35. The fourth-order valence-electron chi connectivity index (χ4n) is 9.44. The van der Waals surface area contributed by atoms with Crippen LogP contribution in [0.15, 0.2) is 125 Å². The monoisotopic (exact) mass is 1050 g/mol. The van der Waals surface area contributed by atoms with Crippen molar-refractivity contribution in [2.45, 2.75) is 49.2 Å². The molecule has 0 saturated heterocycles. The van der Waals surface area contributed by atoms with E-state index in [1.165, 1.54) is 140 Å². The molecule has 0 aliphatic rings. The van der Waals surface area contributed by atoms with Crippen LogP contribution in [0.25, 0.3) is 44.3 Å². The minimum atomic E-state index is -5.36. The molecule has 8 aromatic rings. The van der Waals surface area contributed by atoms with Crippen molar-refractivity contribution in [1.29, 1.82) is 0 Å². The van der Waals surface area contributed by atoms with E-state index in [4.69, 9.17) is 39.5 Å². The van der Waals surface area contributed by atoms with E-state index < -0.39 is 69.8 Å². The number of benzene rings is 6. The van der Waals surface area contributed by atoms with Gasteiger partial charge in [-0.3, -0.25) is 18.3 Å². The molecule has 4 unspecified atom stereocenters. The molecule has 8 rings (SSSR count). The van der Waals surface area contributed by atoms with Gasteiger partial charge in [0.25, 0.3) is 0 Å². The largest absolute Gasteiger partial charge is 0.478 e. The van der Waals surface area contributed by atoms with E-state index in [1.807, 2.05) is 0 Å². The molecule has 2 aromatic heterocycles. The molecule has 11 nitrogen and oxygen atoms in total. The number of esters is 1. The zero-order valence-electron chi connectivity index (χ0n) is 38.8. The second-order valence-electron chi connectivity index (χ2n) is 17.6. The molecule has 2 N–H and O–H groups in total. The first-order valence-corrected chi connectivity index (χ1v) is 22.9. The van der Waals surface area contributed by atoms with Crippen LogP contribution in [0.3, 0.4) is 0 Å². The number of rotatable bonds is 11. The molecule has 0 amide bonds. The molecular formula is C52H41Cl3F6N4O7. The van der Waals surface area contributed by atoms with Crippen LogP contribution in [0.4, 0.5) is 26.3 Å². The molecule has 2 heterocycles. The Hall–Kier alpha value is -6.79. The average Bonchev–Trinajstić information content (AvgIpc) is 3.68. The van der Waals surface area contributed by atoms with Crippen molar-refractivity contribution in [3.05, 3.63) is 185 Å². The Bertz CT molecular complexity index is 3640. The summed E-state index contributed by atoms with van der Waals surface area (Å²) in [6.07, 6.45) is -10.6. The number of carbonyl (C=O) groups excluding carboxylic acids is 1. The minimum Gasteiger partial charge on any atom is -0.478 e. The summed E-state index contributed by atoms with van der Waals surface area (Å²) < 4.78 is 104. The standard InChI is InChI=1S/C52H41Cl3F6N4O7/c1-26(49(71,51(56,57)58)33-14-19-41-43(24-33)64(5)47(69)62(41)3)35-16-11-30(21-38(35)53)28-7-9-29(10-8-28)46(68)72-50(52(59,60)61,34-15-20-42-44(25-34)65(6)48(70)63(42)4)27(2)36-17-12-31(22-39(36)54)32-13-18-37(45(66)67)40(55)23-32/h7-27,71H,1-6H3,(H,66,67). The van der Waals surface area contributed by atoms with E-state index in [0.29, 0.717) is 33.3 Å². The number of imidazole rings is 2. The number of aromatic carboxylic acids is 1. The van der Waals surface area contributed by atoms with Crippen LogP contribution in [0.5, 0.6) is 0 Å². The number of alkyl halides is 6. The molecule has 0 bridgehead atoms. The summed E-state index contributed by atoms with van der Waals surface area (Å²) in [7, 11) is 5.70. The van der Waals surface area contributed by atoms with Crippen LogP contribution < -0.4 is 11.4 Å². The first-order chi connectivity index (χ1) is 33.6. The normalized spacial score (nSPS) is 14.8. The van der Waals surface area contributed by atoms with E-state index in [1.54, 1.807) is 0 Å². The Morgan fingerprint density at radius 3 is 1.40 bits per heavy atom. The van der Waals surface area contributed by atoms with Crippen molar-refractivity contribution in [3.8, 4) is 22.3 Å². The maximum Gasteiger partial charge on any atom is 0.433 e. The number of aliphatic hydroxyl groups is 1. The highest BCUT2D eigenvalue weighted by Gasteiger charge is 2.64. The van der Waals surface area contributed by atoms with Crippen molar-refractivity contribution in [3.63, 3.8) is 0 Å². The van der Waals surface area contributed by atoms with E-state index >= 15 is 26.3 Å². The number of aryl methyl sites for hydroxylation is 4. The molecule has 4 atom stereocenters. The van der Waals surface area contributed by atoms with Gasteiger partial charge in [0.15, 0.2) is 5.60 Å². The Labute approximate surface area is 420 Å². The number of halogens is 9. The van der Waals surface area contributed by atoms with Crippen LogP contribution in [0.1, 0.15) is 68.7 Å². The van der Waals surface area contributed by atoms with Crippen LogP contribution >= 0.6 is 34.8 Å². The van der Waals surface area contributed by atoms with E-state index in [2.05, 4.69) is 0 Å². The number of fused-ring (bicyclic) bond motifs is 2. The number of ether oxygens (including phenoxy) is 1. The van der Waals surface area contributed by atoms with Crippen LogP contribution in [-0.2, 0) is 44.1 Å². The third-order valence-electron chi connectivity index (χ3n) is 13.7. The van der Waals surface area contributed by atoms with Gasteiger partial charge in [-0.2, -0.15) is 26.3 Å². The zero-order valence-corrected chi connectivity index (χ0v) is 41.0. The highest BCUT2D eigenvalue weighted by molar-refractivity contribution is 6.34. The smallest absolute Gasteiger partial charge is 0.433 e. The highest BCUT2D eigenvalue weighted by Crippen LogP contribution is 2.54. The fourth-order valence-corrected chi connectivity index (χ4v) is 10.4. The van der Waals surface area contributed by atoms with E-state index in [0.717, 1.165) is 35.8 Å². The molecule has 0 aliphatic heterocycles. The maximum atomic E-state index is 16.3. The Morgan fingerprint density at radius 1 is 0.528 bits per heavy atom. The summed E-state index contributed by atoms with van der Waals surface area (Å²) >= 11 is 19.6. The lowest BCUT2D eigenvalue weighted by Crippen LogP contribution is -2.50. The Morgan fingerprint density at radius 2 is 0.944 bits per heavy atom. The molecule has 20 heteroatoms. The molecule has 0 aliphatic carbocycles. The van der Waals surface area contributed by atoms with Gasteiger partial charge in [-0.15, -0.1) is 0 Å². The van der Waals surface area contributed by atoms with Crippen molar-refractivity contribution in [2.75, 3.05) is 0 Å². The second-order valence-corrected chi connectivity index (χ2v) is 18.8. The summed E-state index contributed by atoms with van der Waals surface area (Å²) in [4.78, 5) is 51.2. The molecule has 374 valence electrons. The summed E-state index contributed by atoms with van der Waals surface area (Å²) in [6, 6.07) is 24.6. The van der Waals surface area contributed by atoms with Crippen LogP contribution in [0.2, 0.25) is 15.1 Å². The van der Waals surface area contributed by atoms with E-state index in [9.17, 15) is 29.4 Å². The number of carbonyl (C=O) groups is 2. The van der Waals surface area contributed by atoms with E-state index in [-0.39, 0.29) is 48.4 Å². The van der Waals surface area contributed by atoms with Gasteiger partial charge in [0.1, 0.15) is 0 Å². The summed E-state index contributed by atoms with van der Waals surface area (Å²) in [5.74, 6) is -6.14. The summed E-state index contributed by atoms with van der Waals surface area (Å²) in [5.41, 5.74) is -7.28. The van der Waals surface area contributed by atoms with Crippen LogP contribution in [0, 0.1) is 0 Å². The Balaban J connectivity index is 1.14. The van der Waals surface area contributed by atoms with Gasteiger partial charge in [-0.05, 0) is 99.6 Å². The van der Waals surface area contributed by atoms with Gasteiger partial charge in [0.2, 0.25) is 5.60 Å².